The Morgan fingerprint density at radius 3 is 2.90 bits per heavy atom. The lowest BCUT2D eigenvalue weighted by Crippen LogP contribution is -2.42. The van der Waals surface area contributed by atoms with E-state index in [9.17, 15) is 9.90 Å². The Morgan fingerprint density at radius 2 is 2.07 bits per heavy atom. The molecule has 1 amide bonds. The zero-order chi connectivity index (χ0) is 20.8. The summed E-state index contributed by atoms with van der Waals surface area (Å²) in [6.45, 7) is 2.98. The normalized spacial score (nSPS) is 17.3. The van der Waals surface area contributed by atoms with Crippen molar-refractivity contribution >= 4 is 17.0 Å². The topological polar surface area (TPSA) is 78.6 Å². The van der Waals surface area contributed by atoms with E-state index in [4.69, 9.17) is 4.42 Å². The van der Waals surface area contributed by atoms with Crippen molar-refractivity contribution in [1.82, 2.24) is 15.2 Å². The predicted octanol–water partition coefficient (Wildman–Crippen LogP) is 3.19. The number of fused-ring (bicyclic) bond motifs is 1. The fraction of sp³-hybridized carbons (Fsp3) is 0.417. The number of nitrogens with one attached hydrogen (secondary N) is 1. The number of carbonyl (C=O) groups is 1. The molecule has 0 aliphatic carbocycles. The molecule has 2 N–H and O–H groups in total. The molecule has 30 heavy (non-hydrogen) atoms. The highest BCUT2D eigenvalue weighted by Gasteiger charge is 2.17. The summed E-state index contributed by atoms with van der Waals surface area (Å²) in [5.41, 5.74) is 3.33. The van der Waals surface area contributed by atoms with Crippen LogP contribution in [0.15, 0.2) is 52.9 Å². The average Bonchev–Trinajstić information content (AvgIpc) is 3.16. The van der Waals surface area contributed by atoms with Gasteiger partial charge in [-0.3, -0.25) is 9.69 Å². The van der Waals surface area contributed by atoms with Crippen LogP contribution in [0.25, 0.3) is 11.1 Å². The van der Waals surface area contributed by atoms with Crippen LogP contribution in [-0.2, 0) is 12.8 Å². The summed E-state index contributed by atoms with van der Waals surface area (Å²) in [5, 5.41) is 12.7. The maximum Gasteiger partial charge on any atom is 0.251 e. The first-order valence-corrected chi connectivity index (χ1v) is 10.8. The fourth-order valence-electron chi connectivity index (χ4n) is 3.98. The van der Waals surface area contributed by atoms with Crippen molar-refractivity contribution < 1.29 is 14.3 Å². The van der Waals surface area contributed by atoms with Gasteiger partial charge >= 0.3 is 0 Å². The smallest absolute Gasteiger partial charge is 0.251 e. The number of β-amino-alcohol motifs (C(OH)–C–C–N with tert-alkyl or cyclic N) is 1. The molecule has 1 aliphatic heterocycles. The maximum atomic E-state index is 12.5. The number of oxazole rings is 1. The van der Waals surface area contributed by atoms with Crippen LogP contribution in [0.5, 0.6) is 0 Å². The molecule has 2 heterocycles. The molecule has 1 aliphatic rings. The Balaban J connectivity index is 1.28. The fourth-order valence-corrected chi connectivity index (χ4v) is 3.98. The summed E-state index contributed by atoms with van der Waals surface area (Å²) in [6.07, 6.45) is 4.36. The van der Waals surface area contributed by atoms with Crippen molar-refractivity contribution in [2.45, 2.75) is 38.2 Å². The van der Waals surface area contributed by atoms with Gasteiger partial charge in [0.2, 0.25) is 0 Å². The van der Waals surface area contributed by atoms with Crippen LogP contribution in [0.4, 0.5) is 0 Å². The molecule has 0 radical (unpaired) electrons. The third-order valence-electron chi connectivity index (χ3n) is 5.59. The van der Waals surface area contributed by atoms with Gasteiger partial charge < -0.3 is 14.8 Å². The van der Waals surface area contributed by atoms with Gasteiger partial charge in [0, 0.05) is 31.6 Å². The molecule has 1 atom stereocenters. The molecule has 3 aromatic rings. The Hall–Kier alpha value is -2.70. The van der Waals surface area contributed by atoms with Gasteiger partial charge in [-0.25, -0.2) is 4.98 Å². The summed E-state index contributed by atoms with van der Waals surface area (Å²) in [7, 11) is 0. The molecule has 0 unspecified atom stereocenters. The number of likely N-dealkylation sites (tertiary alicyclic amines) is 1. The Bertz CT molecular complexity index is 970. The van der Waals surface area contributed by atoms with E-state index in [2.05, 4.69) is 39.5 Å². The SMILES string of the molecule is O=C(NCCN1CCC[C@H](O)C1)c1ccc2oc(CCCc3ccccc3)nc2c1. The first kappa shape index (κ1) is 20.6. The van der Waals surface area contributed by atoms with Gasteiger partial charge in [-0.05, 0) is 56.0 Å². The highest BCUT2D eigenvalue weighted by molar-refractivity contribution is 5.97. The second-order valence-electron chi connectivity index (χ2n) is 7.98. The highest BCUT2D eigenvalue weighted by atomic mass is 16.3. The van der Waals surface area contributed by atoms with Crippen LogP contribution in [0.1, 0.15) is 41.1 Å². The van der Waals surface area contributed by atoms with Crippen LogP contribution in [0, 0.1) is 0 Å². The number of nitrogens with zero attached hydrogens (tertiary/aromatic N) is 2. The van der Waals surface area contributed by atoms with Crippen molar-refractivity contribution in [1.29, 1.82) is 0 Å². The molecule has 1 aromatic heterocycles. The molecule has 0 spiro atoms. The van der Waals surface area contributed by atoms with E-state index in [1.165, 1.54) is 5.56 Å². The van der Waals surface area contributed by atoms with Gasteiger partial charge in [-0.1, -0.05) is 30.3 Å². The number of aryl methyl sites for hydroxylation is 2. The summed E-state index contributed by atoms with van der Waals surface area (Å²) in [5.74, 6) is 0.602. The number of carbonyl (C=O) groups excluding carboxylic acids is 1. The summed E-state index contributed by atoms with van der Waals surface area (Å²) >= 11 is 0. The van der Waals surface area contributed by atoms with Gasteiger partial charge in [0.25, 0.3) is 5.91 Å². The minimum Gasteiger partial charge on any atom is -0.441 e. The van der Waals surface area contributed by atoms with E-state index in [0.717, 1.165) is 50.7 Å². The lowest BCUT2D eigenvalue weighted by molar-refractivity contribution is 0.0703. The number of aliphatic hydroxyl groups is 1. The van der Waals surface area contributed by atoms with Gasteiger partial charge in [-0.15, -0.1) is 0 Å². The first-order chi connectivity index (χ1) is 14.7. The molecule has 1 fully saturated rings. The number of aromatic nitrogens is 1. The van der Waals surface area contributed by atoms with Crippen LogP contribution in [0.3, 0.4) is 0 Å². The van der Waals surface area contributed by atoms with Crippen molar-refractivity contribution in [3.05, 3.63) is 65.5 Å². The third kappa shape index (κ3) is 5.46. The molecule has 4 rings (SSSR count). The zero-order valence-corrected chi connectivity index (χ0v) is 17.2. The summed E-state index contributed by atoms with van der Waals surface area (Å²) in [4.78, 5) is 19.3. The Morgan fingerprint density at radius 1 is 1.20 bits per heavy atom. The van der Waals surface area contributed by atoms with Gasteiger partial charge in [0.05, 0.1) is 6.10 Å². The van der Waals surface area contributed by atoms with Crippen LogP contribution >= 0.6 is 0 Å². The lowest BCUT2D eigenvalue weighted by atomic mass is 10.1. The molecule has 0 bridgehead atoms. The van der Waals surface area contributed by atoms with Gasteiger partial charge in [-0.2, -0.15) is 0 Å². The maximum absolute atomic E-state index is 12.5. The average molecular weight is 408 g/mol. The zero-order valence-electron chi connectivity index (χ0n) is 17.2. The number of rotatable bonds is 8. The van der Waals surface area contributed by atoms with Crippen LogP contribution in [0.2, 0.25) is 0 Å². The molecule has 0 saturated carbocycles. The molecule has 1 saturated heterocycles. The molecular formula is C24H29N3O3. The third-order valence-corrected chi connectivity index (χ3v) is 5.59. The number of piperidine rings is 1. The van der Waals surface area contributed by atoms with Gasteiger partial charge in [0.1, 0.15) is 5.52 Å². The van der Waals surface area contributed by atoms with E-state index < -0.39 is 0 Å². The van der Waals surface area contributed by atoms with Gasteiger partial charge in [0.15, 0.2) is 11.5 Å². The number of hydrogen-bond acceptors (Lipinski definition) is 5. The minimum atomic E-state index is -0.245. The Kier molecular flexibility index (Phi) is 6.77. The second-order valence-corrected chi connectivity index (χ2v) is 7.98. The molecule has 6 nitrogen and oxygen atoms in total. The van der Waals surface area contributed by atoms with Crippen molar-refractivity contribution in [2.75, 3.05) is 26.2 Å². The lowest BCUT2D eigenvalue weighted by Gasteiger charge is -2.29. The Labute approximate surface area is 176 Å². The number of aliphatic hydroxyl groups excluding tert-OH is 1. The first-order valence-electron chi connectivity index (χ1n) is 10.8. The monoisotopic (exact) mass is 407 g/mol. The molecule has 2 aromatic carbocycles. The van der Waals surface area contributed by atoms with E-state index in [0.29, 0.717) is 30.1 Å². The van der Waals surface area contributed by atoms with Crippen LogP contribution < -0.4 is 5.32 Å². The predicted molar refractivity (Wildman–Crippen MR) is 116 cm³/mol. The quantitative estimate of drug-likeness (QED) is 0.600. The van der Waals surface area contributed by atoms with E-state index in [1.807, 2.05) is 12.1 Å². The largest absolute Gasteiger partial charge is 0.441 e. The summed E-state index contributed by atoms with van der Waals surface area (Å²) in [6, 6.07) is 15.8. The summed E-state index contributed by atoms with van der Waals surface area (Å²) < 4.78 is 5.84. The standard InChI is InChI=1S/C24H29N3O3/c28-20-9-5-14-27(17-20)15-13-25-24(29)19-11-12-22-21(16-19)26-23(30-22)10-4-8-18-6-2-1-3-7-18/h1-3,6-7,11-12,16,20,28H,4-5,8-10,13-15,17H2,(H,25,29)/t20-/m0/s1. The highest BCUT2D eigenvalue weighted by Crippen LogP contribution is 2.19. The van der Waals surface area contributed by atoms with Crippen molar-refractivity contribution in [2.24, 2.45) is 0 Å². The second kappa shape index (κ2) is 9.87. The minimum absolute atomic E-state index is 0.108. The molecular weight excluding hydrogens is 378 g/mol. The van der Waals surface area contributed by atoms with E-state index in [1.54, 1.807) is 12.1 Å². The van der Waals surface area contributed by atoms with Crippen molar-refractivity contribution in [3.63, 3.8) is 0 Å². The number of benzene rings is 2. The van der Waals surface area contributed by atoms with Crippen LogP contribution in [-0.4, -0.2) is 53.2 Å². The molecule has 158 valence electrons. The number of amides is 1. The van der Waals surface area contributed by atoms with Crippen molar-refractivity contribution in [3.8, 4) is 0 Å². The van der Waals surface area contributed by atoms with E-state index >= 15 is 0 Å². The van der Waals surface area contributed by atoms with E-state index in [-0.39, 0.29) is 12.0 Å². The number of hydrogen-bond donors (Lipinski definition) is 2. The molecule has 6 heteroatoms.